The first-order valence-electron chi connectivity index (χ1n) is 8.82. The minimum Gasteiger partial charge on any atom is -0.354 e. The largest absolute Gasteiger partial charge is 0.354 e. The van der Waals surface area contributed by atoms with Gasteiger partial charge in [-0.25, -0.2) is 0 Å². The number of nitrogens with one attached hydrogen (secondary N) is 2. The van der Waals surface area contributed by atoms with Gasteiger partial charge in [0.15, 0.2) is 0 Å². The lowest BCUT2D eigenvalue weighted by atomic mass is 10.1. The van der Waals surface area contributed by atoms with Gasteiger partial charge >= 0.3 is 0 Å². The van der Waals surface area contributed by atoms with Crippen molar-refractivity contribution in [3.63, 3.8) is 0 Å². The average molecular weight is 420 g/mol. The molecule has 146 valence electrons. The van der Waals surface area contributed by atoms with E-state index >= 15 is 0 Å². The molecule has 2 N–H and O–H groups in total. The fourth-order valence-corrected chi connectivity index (χ4v) is 3.51. The summed E-state index contributed by atoms with van der Waals surface area (Å²) in [5.41, 5.74) is 1.10. The lowest BCUT2D eigenvalue weighted by Gasteiger charge is -2.16. The Bertz CT molecular complexity index is 890. The number of hydrogen-bond donors (Lipinski definition) is 2. The molecule has 2 aromatic rings. The molecule has 0 unspecified atom stereocenters. The third-order valence-electron chi connectivity index (χ3n) is 4.45. The quantitative estimate of drug-likeness (QED) is 0.706. The molecule has 0 bridgehead atoms. The van der Waals surface area contributed by atoms with Crippen molar-refractivity contribution in [2.24, 2.45) is 5.92 Å². The molecule has 1 fully saturated rings. The van der Waals surface area contributed by atoms with Crippen LogP contribution in [0.2, 0.25) is 10.0 Å². The van der Waals surface area contributed by atoms with Crippen molar-refractivity contribution < 1.29 is 14.4 Å². The van der Waals surface area contributed by atoms with E-state index in [0.717, 1.165) is 5.69 Å². The zero-order valence-corrected chi connectivity index (χ0v) is 16.5. The van der Waals surface area contributed by atoms with E-state index in [-0.39, 0.29) is 42.3 Å². The number of carbonyl (C=O) groups is 3. The van der Waals surface area contributed by atoms with Gasteiger partial charge in [0.25, 0.3) is 5.91 Å². The normalized spacial score (nSPS) is 16.1. The van der Waals surface area contributed by atoms with E-state index in [1.54, 1.807) is 17.0 Å². The zero-order chi connectivity index (χ0) is 20.1. The summed E-state index contributed by atoms with van der Waals surface area (Å²) in [6, 6.07) is 13.9. The molecule has 1 saturated heterocycles. The molecule has 3 rings (SSSR count). The Morgan fingerprint density at radius 1 is 1.04 bits per heavy atom. The van der Waals surface area contributed by atoms with Crippen LogP contribution in [0, 0.1) is 5.92 Å². The highest BCUT2D eigenvalue weighted by Gasteiger charge is 2.34. The summed E-state index contributed by atoms with van der Waals surface area (Å²) < 4.78 is 0. The molecule has 1 aliphatic heterocycles. The highest BCUT2D eigenvalue weighted by atomic mass is 35.5. The number of anilines is 1. The van der Waals surface area contributed by atoms with Gasteiger partial charge in [0.2, 0.25) is 11.8 Å². The molecule has 3 amide bonds. The van der Waals surface area contributed by atoms with Crippen LogP contribution >= 0.6 is 23.2 Å². The molecule has 1 atom stereocenters. The number of nitrogens with zero attached hydrogens (tertiary/aromatic N) is 1. The number of amides is 3. The Morgan fingerprint density at radius 2 is 1.75 bits per heavy atom. The first-order valence-corrected chi connectivity index (χ1v) is 9.57. The SMILES string of the molecule is O=C(NCCNC(=O)[C@@H]1CC(=O)N(c2ccccc2)C1)c1ccc(Cl)cc1Cl. The van der Waals surface area contributed by atoms with E-state index in [1.807, 2.05) is 30.3 Å². The lowest BCUT2D eigenvalue weighted by Crippen LogP contribution is -2.38. The highest BCUT2D eigenvalue weighted by Crippen LogP contribution is 2.25. The molecule has 8 heteroatoms. The maximum Gasteiger partial charge on any atom is 0.252 e. The minimum atomic E-state index is -0.408. The summed E-state index contributed by atoms with van der Waals surface area (Å²) in [5, 5.41) is 6.16. The van der Waals surface area contributed by atoms with Gasteiger partial charge in [-0.2, -0.15) is 0 Å². The van der Waals surface area contributed by atoms with Crippen LogP contribution in [0.3, 0.4) is 0 Å². The van der Waals surface area contributed by atoms with Crippen molar-refractivity contribution in [3.8, 4) is 0 Å². The van der Waals surface area contributed by atoms with Crippen LogP contribution in [0.25, 0.3) is 0 Å². The first-order chi connectivity index (χ1) is 13.5. The van der Waals surface area contributed by atoms with Gasteiger partial charge in [0.05, 0.1) is 16.5 Å². The molecule has 28 heavy (non-hydrogen) atoms. The highest BCUT2D eigenvalue weighted by molar-refractivity contribution is 6.36. The second-order valence-electron chi connectivity index (χ2n) is 6.41. The minimum absolute atomic E-state index is 0.0722. The standard InChI is InChI=1S/C20H19Cl2N3O3/c21-14-6-7-16(17(22)11-14)20(28)24-9-8-23-19(27)13-10-18(26)25(12-13)15-4-2-1-3-5-15/h1-7,11,13H,8-10,12H2,(H,23,27)(H,24,28)/t13-/m1/s1. The summed E-state index contributed by atoms with van der Waals surface area (Å²) in [7, 11) is 0. The number of para-hydroxylation sites is 1. The molecule has 2 aromatic carbocycles. The first kappa shape index (κ1) is 20.2. The predicted molar refractivity (Wildman–Crippen MR) is 109 cm³/mol. The van der Waals surface area contributed by atoms with Gasteiger partial charge in [0, 0.05) is 36.8 Å². The van der Waals surface area contributed by atoms with E-state index in [1.165, 1.54) is 6.07 Å². The molecule has 1 aliphatic rings. The van der Waals surface area contributed by atoms with Crippen LogP contribution in [0.4, 0.5) is 5.69 Å². The van der Waals surface area contributed by atoms with Crippen LogP contribution in [-0.2, 0) is 9.59 Å². The van der Waals surface area contributed by atoms with Crippen molar-refractivity contribution in [3.05, 3.63) is 64.1 Å². The van der Waals surface area contributed by atoms with Gasteiger partial charge < -0.3 is 15.5 Å². The predicted octanol–water partition coefficient (Wildman–Crippen LogP) is 2.89. The van der Waals surface area contributed by atoms with Crippen molar-refractivity contribution >= 4 is 46.6 Å². The number of hydrogen-bond acceptors (Lipinski definition) is 3. The number of rotatable bonds is 6. The molecule has 0 spiro atoms. The molecule has 6 nitrogen and oxygen atoms in total. The molecule has 0 radical (unpaired) electrons. The smallest absolute Gasteiger partial charge is 0.252 e. The van der Waals surface area contributed by atoms with Crippen LogP contribution in [0.5, 0.6) is 0 Å². The summed E-state index contributed by atoms with van der Waals surface area (Å²) in [4.78, 5) is 38.3. The number of carbonyl (C=O) groups excluding carboxylic acids is 3. The topological polar surface area (TPSA) is 78.5 Å². The van der Waals surface area contributed by atoms with Crippen LogP contribution in [0.15, 0.2) is 48.5 Å². The van der Waals surface area contributed by atoms with Crippen LogP contribution < -0.4 is 15.5 Å². The summed E-state index contributed by atoms with van der Waals surface area (Å²) in [6.07, 6.45) is 0.174. The third-order valence-corrected chi connectivity index (χ3v) is 5.00. The summed E-state index contributed by atoms with van der Waals surface area (Å²) in [5.74, 6) is -1.03. The van der Waals surface area contributed by atoms with Crippen molar-refractivity contribution in [1.82, 2.24) is 10.6 Å². The summed E-state index contributed by atoms with van der Waals surface area (Å²) in [6.45, 7) is 0.847. The third kappa shape index (κ3) is 4.82. The number of halogens is 2. The zero-order valence-electron chi connectivity index (χ0n) is 15.0. The fraction of sp³-hybridized carbons (Fsp3) is 0.250. The Kier molecular flexibility index (Phi) is 6.54. The Morgan fingerprint density at radius 3 is 2.46 bits per heavy atom. The summed E-state index contributed by atoms with van der Waals surface area (Å²) >= 11 is 11.8. The lowest BCUT2D eigenvalue weighted by molar-refractivity contribution is -0.126. The fourth-order valence-electron chi connectivity index (χ4n) is 3.02. The second-order valence-corrected chi connectivity index (χ2v) is 7.26. The monoisotopic (exact) mass is 419 g/mol. The van der Waals surface area contributed by atoms with E-state index in [4.69, 9.17) is 23.2 Å². The van der Waals surface area contributed by atoms with Gasteiger partial charge in [-0.05, 0) is 30.3 Å². The average Bonchev–Trinajstić information content (AvgIpc) is 3.07. The molecule has 0 aromatic heterocycles. The van der Waals surface area contributed by atoms with Gasteiger partial charge in [-0.1, -0.05) is 41.4 Å². The Balaban J connectivity index is 1.45. The van der Waals surface area contributed by atoms with Crippen LogP contribution in [-0.4, -0.2) is 37.4 Å². The molecular formula is C20H19Cl2N3O3. The molecule has 0 aliphatic carbocycles. The van der Waals surface area contributed by atoms with Crippen molar-refractivity contribution in [1.29, 1.82) is 0 Å². The van der Waals surface area contributed by atoms with Crippen molar-refractivity contribution in [2.45, 2.75) is 6.42 Å². The van der Waals surface area contributed by atoms with Crippen molar-refractivity contribution in [2.75, 3.05) is 24.5 Å². The van der Waals surface area contributed by atoms with E-state index < -0.39 is 5.92 Å². The Hall–Kier alpha value is -2.57. The van der Waals surface area contributed by atoms with E-state index in [9.17, 15) is 14.4 Å². The second kappa shape index (κ2) is 9.08. The Labute approximate surface area is 172 Å². The molecule has 1 heterocycles. The molecule has 0 saturated carbocycles. The van der Waals surface area contributed by atoms with Gasteiger partial charge in [-0.3, -0.25) is 14.4 Å². The molecular weight excluding hydrogens is 401 g/mol. The van der Waals surface area contributed by atoms with Crippen LogP contribution in [0.1, 0.15) is 16.8 Å². The maximum absolute atomic E-state index is 12.3. The number of benzene rings is 2. The van der Waals surface area contributed by atoms with E-state index in [2.05, 4.69) is 10.6 Å². The van der Waals surface area contributed by atoms with Gasteiger partial charge in [0.1, 0.15) is 0 Å². The van der Waals surface area contributed by atoms with Gasteiger partial charge in [-0.15, -0.1) is 0 Å². The maximum atomic E-state index is 12.3. The van der Waals surface area contributed by atoms with E-state index in [0.29, 0.717) is 17.1 Å².